The second kappa shape index (κ2) is 7.48. The van der Waals surface area contributed by atoms with Crippen molar-refractivity contribution in [2.24, 2.45) is 13.0 Å². The summed E-state index contributed by atoms with van der Waals surface area (Å²) < 4.78 is 2.11. The molecule has 0 radical (unpaired) electrons. The lowest BCUT2D eigenvalue weighted by atomic mass is 9.92. The quantitative estimate of drug-likeness (QED) is 0.850. The number of carbonyl (C=O) groups excluding carboxylic acids is 1. The second-order valence-electron chi connectivity index (χ2n) is 7.47. The molecule has 138 valence electrons. The summed E-state index contributed by atoms with van der Waals surface area (Å²) in [6.07, 6.45) is 9.74. The van der Waals surface area contributed by atoms with Crippen molar-refractivity contribution in [2.75, 3.05) is 31.1 Å². The number of rotatable bonds is 3. The van der Waals surface area contributed by atoms with E-state index in [1.165, 1.54) is 0 Å². The molecule has 6 heteroatoms. The van der Waals surface area contributed by atoms with Crippen molar-refractivity contribution in [1.82, 2.24) is 19.4 Å². The minimum atomic E-state index is 0.0930. The van der Waals surface area contributed by atoms with E-state index in [4.69, 9.17) is 0 Å². The largest absolute Gasteiger partial charge is 0.356 e. The lowest BCUT2D eigenvalue weighted by molar-refractivity contribution is -0.136. The van der Waals surface area contributed by atoms with Gasteiger partial charge in [-0.2, -0.15) is 0 Å². The molecule has 4 heterocycles. The van der Waals surface area contributed by atoms with Crippen molar-refractivity contribution in [3.63, 3.8) is 0 Å². The Labute approximate surface area is 154 Å². The molecule has 0 unspecified atom stereocenters. The number of imidazole rings is 1. The molecule has 4 rings (SSSR count). The number of pyridine rings is 1. The monoisotopic (exact) mass is 353 g/mol. The molecule has 2 aliphatic heterocycles. The summed E-state index contributed by atoms with van der Waals surface area (Å²) in [5, 5.41) is 0. The van der Waals surface area contributed by atoms with Crippen molar-refractivity contribution < 1.29 is 4.79 Å². The van der Waals surface area contributed by atoms with Gasteiger partial charge in [-0.25, -0.2) is 9.97 Å². The topological polar surface area (TPSA) is 54.3 Å². The zero-order valence-electron chi connectivity index (χ0n) is 15.4. The number of hydrogen-bond acceptors (Lipinski definition) is 4. The van der Waals surface area contributed by atoms with Crippen molar-refractivity contribution in [3.05, 3.63) is 42.6 Å². The maximum absolute atomic E-state index is 13.0. The van der Waals surface area contributed by atoms with E-state index in [0.717, 1.165) is 63.5 Å². The van der Waals surface area contributed by atoms with Crippen LogP contribution in [0.3, 0.4) is 0 Å². The van der Waals surface area contributed by atoms with Crippen LogP contribution in [0.25, 0.3) is 0 Å². The Balaban J connectivity index is 1.35. The Hall–Kier alpha value is -2.37. The molecule has 0 saturated carbocycles. The van der Waals surface area contributed by atoms with Gasteiger partial charge in [-0.3, -0.25) is 4.79 Å². The van der Waals surface area contributed by atoms with Crippen LogP contribution < -0.4 is 4.90 Å². The number of aryl methyl sites for hydroxylation is 1. The first kappa shape index (κ1) is 17.1. The van der Waals surface area contributed by atoms with Crippen LogP contribution in [0.4, 0.5) is 5.82 Å². The molecular weight excluding hydrogens is 326 g/mol. The molecular formula is C20H27N5O. The van der Waals surface area contributed by atoms with E-state index in [9.17, 15) is 4.79 Å². The Morgan fingerprint density at radius 3 is 2.62 bits per heavy atom. The fourth-order valence-electron chi connectivity index (χ4n) is 4.31. The summed E-state index contributed by atoms with van der Waals surface area (Å²) >= 11 is 0. The molecule has 0 N–H and O–H groups in total. The molecule has 0 aromatic carbocycles. The summed E-state index contributed by atoms with van der Waals surface area (Å²) in [4.78, 5) is 26.3. The first-order valence-corrected chi connectivity index (χ1v) is 9.64. The Bertz CT molecular complexity index is 736. The lowest BCUT2D eigenvalue weighted by Crippen LogP contribution is -2.47. The predicted octanol–water partition coefficient (Wildman–Crippen LogP) is 2.44. The summed E-state index contributed by atoms with van der Waals surface area (Å²) in [6.45, 7) is 3.46. The summed E-state index contributed by atoms with van der Waals surface area (Å²) in [5.74, 6) is 3.02. The van der Waals surface area contributed by atoms with Crippen LogP contribution in [0.1, 0.15) is 37.4 Å². The van der Waals surface area contributed by atoms with Gasteiger partial charge in [-0.05, 0) is 37.8 Å². The van der Waals surface area contributed by atoms with Crippen LogP contribution in [-0.4, -0.2) is 51.5 Å². The van der Waals surface area contributed by atoms with Crippen LogP contribution in [0.15, 0.2) is 36.8 Å². The minimum absolute atomic E-state index is 0.0930. The number of aromatic nitrogens is 3. The number of piperidine rings is 2. The van der Waals surface area contributed by atoms with Gasteiger partial charge >= 0.3 is 0 Å². The van der Waals surface area contributed by atoms with Crippen molar-refractivity contribution >= 4 is 11.7 Å². The van der Waals surface area contributed by atoms with Crippen LogP contribution in [0.2, 0.25) is 0 Å². The van der Waals surface area contributed by atoms with Gasteiger partial charge < -0.3 is 14.4 Å². The summed E-state index contributed by atoms with van der Waals surface area (Å²) in [6, 6.07) is 5.98. The van der Waals surface area contributed by atoms with E-state index in [-0.39, 0.29) is 5.92 Å². The number of likely N-dealkylation sites (tertiary alicyclic amines) is 1. The average molecular weight is 353 g/mol. The zero-order valence-corrected chi connectivity index (χ0v) is 15.4. The van der Waals surface area contributed by atoms with Gasteiger partial charge in [0, 0.05) is 57.7 Å². The Morgan fingerprint density at radius 2 is 1.92 bits per heavy atom. The van der Waals surface area contributed by atoms with E-state index >= 15 is 0 Å². The highest BCUT2D eigenvalue weighted by atomic mass is 16.2. The molecule has 0 aliphatic carbocycles. The van der Waals surface area contributed by atoms with E-state index < -0.39 is 0 Å². The van der Waals surface area contributed by atoms with Crippen LogP contribution in [0.5, 0.6) is 0 Å². The standard InChI is InChI=1S/C20H27N5O/c1-23-14-10-22-19(23)16-7-12-24(13-8-16)20(26)17-5-4-11-25(15-17)18-6-2-3-9-21-18/h2-3,6,9-10,14,16-17H,4-5,7-8,11-13,15H2,1H3/t17-/m0/s1. The number of carbonyl (C=O) groups is 1. The molecule has 0 bridgehead atoms. The van der Waals surface area contributed by atoms with Crippen molar-refractivity contribution in [2.45, 2.75) is 31.6 Å². The fourth-order valence-corrected chi connectivity index (χ4v) is 4.31. The molecule has 6 nitrogen and oxygen atoms in total. The number of hydrogen-bond donors (Lipinski definition) is 0. The highest BCUT2D eigenvalue weighted by molar-refractivity contribution is 5.80. The van der Waals surface area contributed by atoms with Gasteiger partial charge in [-0.15, -0.1) is 0 Å². The Morgan fingerprint density at radius 1 is 1.08 bits per heavy atom. The molecule has 2 aromatic heterocycles. The van der Waals surface area contributed by atoms with Crippen molar-refractivity contribution in [1.29, 1.82) is 0 Å². The van der Waals surface area contributed by atoms with Crippen molar-refractivity contribution in [3.8, 4) is 0 Å². The fraction of sp³-hybridized carbons (Fsp3) is 0.550. The highest BCUT2D eigenvalue weighted by Gasteiger charge is 2.32. The van der Waals surface area contributed by atoms with Crippen LogP contribution >= 0.6 is 0 Å². The molecule has 1 amide bonds. The number of anilines is 1. The maximum Gasteiger partial charge on any atom is 0.227 e. The third kappa shape index (κ3) is 3.45. The molecule has 2 fully saturated rings. The number of amides is 1. The van der Waals surface area contributed by atoms with Gasteiger partial charge in [-0.1, -0.05) is 6.07 Å². The van der Waals surface area contributed by atoms with Gasteiger partial charge in [0.15, 0.2) is 0 Å². The molecule has 2 saturated heterocycles. The maximum atomic E-state index is 13.0. The third-order valence-electron chi connectivity index (χ3n) is 5.77. The van der Waals surface area contributed by atoms with Crippen LogP contribution in [-0.2, 0) is 11.8 Å². The average Bonchev–Trinajstić information content (AvgIpc) is 3.14. The predicted molar refractivity (Wildman–Crippen MR) is 101 cm³/mol. The minimum Gasteiger partial charge on any atom is -0.356 e. The molecule has 26 heavy (non-hydrogen) atoms. The van der Waals surface area contributed by atoms with E-state index in [1.54, 1.807) is 0 Å². The third-order valence-corrected chi connectivity index (χ3v) is 5.77. The number of nitrogens with zero attached hydrogens (tertiary/aromatic N) is 5. The summed E-state index contributed by atoms with van der Waals surface area (Å²) in [7, 11) is 2.05. The van der Waals surface area contributed by atoms with Gasteiger partial charge in [0.05, 0.1) is 5.92 Å². The molecule has 2 aliphatic rings. The van der Waals surface area contributed by atoms with E-state index in [2.05, 4.69) is 24.3 Å². The molecule has 0 spiro atoms. The smallest absolute Gasteiger partial charge is 0.227 e. The van der Waals surface area contributed by atoms with Gasteiger partial charge in [0.25, 0.3) is 0 Å². The highest BCUT2D eigenvalue weighted by Crippen LogP contribution is 2.29. The van der Waals surface area contributed by atoms with Crippen LogP contribution in [0, 0.1) is 5.92 Å². The first-order chi connectivity index (χ1) is 12.7. The second-order valence-corrected chi connectivity index (χ2v) is 7.47. The summed E-state index contributed by atoms with van der Waals surface area (Å²) in [5.41, 5.74) is 0. The molecule has 2 aromatic rings. The lowest BCUT2D eigenvalue weighted by Gasteiger charge is -2.38. The van der Waals surface area contributed by atoms with Gasteiger partial charge in [0.1, 0.15) is 11.6 Å². The molecule has 1 atom stereocenters. The van der Waals surface area contributed by atoms with E-state index in [0.29, 0.717) is 11.8 Å². The first-order valence-electron chi connectivity index (χ1n) is 9.64. The normalized spacial score (nSPS) is 21.8. The Kier molecular flexibility index (Phi) is 4.91. The van der Waals surface area contributed by atoms with Gasteiger partial charge in [0.2, 0.25) is 5.91 Å². The SMILES string of the molecule is Cn1ccnc1C1CCN(C(=O)[C@H]2CCCN(c3ccccn3)C2)CC1. The zero-order chi connectivity index (χ0) is 17.9. The van der Waals surface area contributed by atoms with E-state index in [1.807, 2.05) is 43.8 Å².